The second kappa shape index (κ2) is 7.11. The van der Waals surface area contributed by atoms with Gasteiger partial charge in [-0.1, -0.05) is 6.07 Å². The monoisotopic (exact) mass is 406 g/mol. The van der Waals surface area contributed by atoms with Gasteiger partial charge in [-0.25, -0.2) is 12.7 Å². The van der Waals surface area contributed by atoms with E-state index in [9.17, 15) is 13.2 Å². The van der Waals surface area contributed by atoms with E-state index in [1.807, 2.05) is 6.92 Å². The van der Waals surface area contributed by atoms with E-state index < -0.39 is 10.0 Å². The van der Waals surface area contributed by atoms with Crippen molar-refractivity contribution in [2.75, 3.05) is 19.4 Å². The second-order valence-corrected chi connectivity index (χ2v) is 11.7. The molecule has 1 aromatic carbocycles. The minimum absolute atomic E-state index is 0.0600. The largest absolute Gasteiger partial charge is 0.331 e. The van der Waals surface area contributed by atoms with E-state index in [-0.39, 0.29) is 22.4 Å². The number of nitrogens with zero attached hydrogens (tertiary/aromatic N) is 1. The predicted octanol–water partition coefficient (Wildman–Crippen LogP) is 1.80. The molecule has 4 aliphatic rings. The Labute approximate surface area is 168 Å². The van der Waals surface area contributed by atoms with Gasteiger partial charge in [-0.2, -0.15) is 0 Å². The molecule has 0 spiro atoms. The lowest BCUT2D eigenvalue weighted by atomic mass is 9.53. The summed E-state index contributed by atoms with van der Waals surface area (Å²) in [5.41, 5.74) is 0.764. The highest BCUT2D eigenvalue weighted by Crippen LogP contribution is 2.54. The molecule has 0 heterocycles. The number of nitrogens with two attached hydrogens (primary N) is 1. The van der Waals surface area contributed by atoms with Gasteiger partial charge in [0.25, 0.3) is 5.91 Å². The third kappa shape index (κ3) is 3.72. The molecule has 3 N–H and O–H groups in total. The molecule has 0 saturated heterocycles. The number of hydrogen-bond donors (Lipinski definition) is 2. The van der Waals surface area contributed by atoms with E-state index in [1.165, 1.54) is 63.0 Å². The van der Waals surface area contributed by atoms with Crippen LogP contribution in [0.3, 0.4) is 0 Å². The number of carbonyl (C=O) groups is 1. The van der Waals surface area contributed by atoms with Gasteiger partial charge in [0.15, 0.2) is 6.04 Å². The standard InChI is InChI=1S/C21H31N3O3S/c1-14(23-21-11-15-7-16(12-21)9-17(8-15)13-21)20(25)22-18-5-4-6-19(10-18)28(26,27)24(2)3/h4-6,10,14-17,23H,7-9,11-13H2,1-3H3,(H,22,25)/p+1/t14-,15?,16?,17?,21?/m1/s1. The average molecular weight is 407 g/mol. The van der Waals surface area contributed by atoms with Crippen LogP contribution in [0, 0.1) is 17.8 Å². The molecule has 7 heteroatoms. The Morgan fingerprint density at radius 3 is 2.25 bits per heavy atom. The molecule has 0 aromatic heterocycles. The van der Waals surface area contributed by atoms with Crippen molar-refractivity contribution >= 4 is 21.6 Å². The first-order chi connectivity index (χ1) is 13.2. The molecule has 0 aliphatic heterocycles. The summed E-state index contributed by atoms with van der Waals surface area (Å²) in [6, 6.07) is 6.30. The molecule has 4 bridgehead atoms. The number of rotatable bonds is 6. The zero-order valence-corrected chi connectivity index (χ0v) is 17.8. The Balaban J connectivity index is 1.43. The number of quaternary nitrogens is 1. The molecule has 4 aliphatic carbocycles. The molecule has 4 fully saturated rings. The van der Waals surface area contributed by atoms with E-state index in [0.717, 1.165) is 17.8 Å². The number of sulfonamides is 1. The molecule has 1 aromatic rings. The average Bonchev–Trinajstić information content (AvgIpc) is 2.60. The third-order valence-electron chi connectivity index (χ3n) is 6.98. The van der Waals surface area contributed by atoms with E-state index in [0.29, 0.717) is 5.69 Å². The van der Waals surface area contributed by atoms with Crippen molar-refractivity contribution < 1.29 is 18.5 Å². The minimum Gasteiger partial charge on any atom is -0.331 e. The highest BCUT2D eigenvalue weighted by Gasteiger charge is 2.54. The van der Waals surface area contributed by atoms with Crippen LogP contribution in [-0.2, 0) is 14.8 Å². The summed E-state index contributed by atoms with van der Waals surface area (Å²) >= 11 is 0. The molecule has 1 amide bonds. The van der Waals surface area contributed by atoms with Crippen LogP contribution < -0.4 is 10.6 Å². The van der Waals surface area contributed by atoms with Gasteiger partial charge < -0.3 is 10.6 Å². The van der Waals surface area contributed by atoms with Gasteiger partial charge in [0.05, 0.1) is 10.4 Å². The van der Waals surface area contributed by atoms with Crippen molar-refractivity contribution in [2.45, 2.75) is 61.9 Å². The van der Waals surface area contributed by atoms with Gasteiger partial charge in [0.2, 0.25) is 10.0 Å². The van der Waals surface area contributed by atoms with Crippen LogP contribution in [0.15, 0.2) is 29.2 Å². The maximum Gasteiger partial charge on any atom is 0.282 e. The molecule has 154 valence electrons. The Bertz CT molecular complexity index is 830. The van der Waals surface area contributed by atoms with E-state index >= 15 is 0 Å². The van der Waals surface area contributed by atoms with Crippen molar-refractivity contribution in [2.24, 2.45) is 17.8 Å². The number of anilines is 1. The Morgan fingerprint density at radius 2 is 1.71 bits per heavy atom. The summed E-state index contributed by atoms with van der Waals surface area (Å²) in [7, 11) is -0.511. The van der Waals surface area contributed by atoms with Crippen LogP contribution in [0.1, 0.15) is 45.4 Å². The summed E-state index contributed by atoms with van der Waals surface area (Å²) in [6.45, 7) is 1.97. The van der Waals surface area contributed by atoms with Crippen molar-refractivity contribution in [1.29, 1.82) is 0 Å². The molecular weight excluding hydrogens is 374 g/mol. The molecule has 6 nitrogen and oxygen atoms in total. The molecule has 5 rings (SSSR count). The second-order valence-electron chi connectivity index (χ2n) is 9.54. The molecule has 1 atom stereocenters. The topological polar surface area (TPSA) is 83.1 Å². The third-order valence-corrected chi connectivity index (χ3v) is 8.79. The molecule has 0 radical (unpaired) electrons. The molecular formula is C21H32N3O3S+. The molecule has 4 saturated carbocycles. The number of hydrogen-bond acceptors (Lipinski definition) is 3. The van der Waals surface area contributed by atoms with Crippen molar-refractivity contribution in [1.82, 2.24) is 4.31 Å². The van der Waals surface area contributed by atoms with Crippen molar-refractivity contribution in [3.8, 4) is 0 Å². The Hall–Kier alpha value is -1.44. The highest BCUT2D eigenvalue weighted by molar-refractivity contribution is 7.89. The first kappa shape index (κ1) is 19.9. The van der Waals surface area contributed by atoms with Crippen LogP contribution in [-0.4, -0.2) is 44.3 Å². The Morgan fingerprint density at radius 1 is 1.14 bits per heavy atom. The van der Waals surface area contributed by atoms with E-state index in [1.54, 1.807) is 18.2 Å². The number of benzene rings is 1. The van der Waals surface area contributed by atoms with Crippen LogP contribution in [0.5, 0.6) is 0 Å². The van der Waals surface area contributed by atoms with Gasteiger partial charge in [-0.3, -0.25) is 4.79 Å². The first-order valence-electron chi connectivity index (χ1n) is 10.4. The smallest absolute Gasteiger partial charge is 0.282 e. The number of carbonyl (C=O) groups excluding carboxylic acids is 1. The number of nitrogens with one attached hydrogen (secondary N) is 1. The quantitative estimate of drug-likeness (QED) is 0.756. The molecule has 0 unspecified atom stereocenters. The molecule has 28 heavy (non-hydrogen) atoms. The van der Waals surface area contributed by atoms with Crippen LogP contribution in [0.25, 0.3) is 0 Å². The van der Waals surface area contributed by atoms with Gasteiger partial charge >= 0.3 is 0 Å². The summed E-state index contributed by atoms with van der Waals surface area (Å²) in [6.07, 6.45) is 7.90. The maximum atomic E-state index is 12.8. The normalized spacial score (nSPS) is 32.5. The van der Waals surface area contributed by atoms with Crippen LogP contribution in [0.4, 0.5) is 5.69 Å². The zero-order chi connectivity index (χ0) is 20.1. The fourth-order valence-electron chi connectivity index (χ4n) is 6.19. The summed E-state index contributed by atoms with van der Waals surface area (Å²) in [5.74, 6) is 2.50. The Kier molecular flexibility index (Phi) is 5.04. The summed E-state index contributed by atoms with van der Waals surface area (Å²) < 4.78 is 25.8. The zero-order valence-electron chi connectivity index (χ0n) is 17.0. The minimum atomic E-state index is -3.52. The fraction of sp³-hybridized carbons (Fsp3) is 0.667. The maximum absolute atomic E-state index is 12.8. The van der Waals surface area contributed by atoms with E-state index in [4.69, 9.17) is 0 Å². The summed E-state index contributed by atoms with van der Waals surface area (Å²) in [5, 5.41) is 5.24. The van der Waals surface area contributed by atoms with Crippen LogP contribution in [0.2, 0.25) is 0 Å². The first-order valence-corrected chi connectivity index (χ1v) is 11.8. The van der Waals surface area contributed by atoms with Gasteiger partial charge in [-0.05, 0) is 62.1 Å². The van der Waals surface area contributed by atoms with Crippen LogP contribution >= 0.6 is 0 Å². The lowest BCUT2D eigenvalue weighted by molar-refractivity contribution is -0.754. The highest BCUT2D eigenvalue weighted by atomic mass is 32.2. The summed E-state index contributed by atoms with van der Waals surface area (Å²) in [4.78, 5) is 13.0. The van der Waals surface area contributed by atoms with Gasteiger partial charge in [0, 0.05) is 39.0 Å². The number of amides is 1. The van der Waals surface area contributed by atoms with Crippen molar-refractivity contribution in [3.05, 3.63) is 24.3 Å². The fourth-order valence-corrected chi connectivity index (χ4v) is 7.14. The predicted molar refractivity (Wildman–Crippen MR) is 108 cm³/mol. The van der Waals surface area contributed by atoms with Gasteiger partial charge in [0.1, 0.15) is 0 Å². The SMILES string of the molecule is C[C@@H]([NH2+]C12CC3CC(CC(C3)C1)C2)C(=O)Nc1cccc(S(=O)(=O)N(C)C)c1. The lowest BCUT2D eigenvalue weighted by Gasteiger charge is -2.55. The van der Waals surface area contributed by atoms with E-state index in [2.05, 4.69) is 10.6 Å². The lowest BCUT2D eigenvalue weighted by Crippen LogP contribution is -3.03. The van der Waals surface area contributed by atoms with Gasteiger partial charge in [-0.15, -0.1) is 0 Å². The van der Waals surface area contributed by atoms with Crippen molar-refractivity contribution in [3.63, 3.8) is 0 Å².